The minimum atomic E-state index is 0.205. The molecule has 0 spiro atoms. The van der Waals surface area contributed by atoms with Gasteiger partial charge in [0.15, 0.2) is 5.16 Å². The molecule has 0 amide bonds. The van der Waals surface area contributed by atoms with E-state index in [1.54, 1.807) is 0 Å². The minimum absolute atomic E-state index is 0.205. The summed E-state index contributed by atoms with van der Waals surface area (Å²) < 4.78 is 13.4. The third kappa shape index (κ3) is 5.14. The van der Waals surface area contributed by atoms with Crippen LogP contribution in [0.25, 0.3) is 5.69 Å². The zero-order valence-corrected chi connectivity index (χ0v) is 18.7. The summed E-state index contributed by atoms with van der Waals surface area (Å²) in [5, 5.41) is 18.0. The van der Waals surface area contributed by atoms with E-state index in [1.165, 1.54) is 17.3 Å². The van der Waals surface area contributed by atoms with Gasteiger partial charge in [0.1, 0.15) is 11.6 Å². The van der Waals surface area contributed by atoms with E-state index < -0.39 is 0 Å². The first-order valence-corrected chi connectivity index (χ1v) is 11.3. The predicted octanol–water partition coefficient (Wildman–Crippen LogP) is 5.06. The van der Waals surface area contributed by atoms with Crippen LogP contribution in [0.2, 0.25) is 0 Å². The first-order chi connectivity index (χ1) is 15.1. The molecule has 31 heavy (non-hydrogen) atoms. The van der Waals surface area contributed by atoms with Crippen molar-refractivity contribution in [1.82, 2.24) is 25.0 Å². The lowest BCUT2D eigenvalue weighted by Crippen LogP contribution is -2.04. The van der Waals surface area contributed by atoms with Gasteiger partial charge in [-0.25, -0.2) is 0 Å². The highest BCUT2D eigenvalue weighted by Gasteiger charge is 2.17. The van der Waals surface area contributed by atoms with Crippen molar-refractivity contribution >= 4 is 11.8 Å². The maximum atomic E-state index is 5.74. The van der Waals surface area contributed by atoms with Crippen molar-refractivity contribution in [1.29, 1.82) is 0 Å². The van der Waals surface area contributed by atoms with E-state index in [9.17, 15) is 0 Å². The van der Waals surface area contributed by atoms with E-state index in [-0.39, 0.29) is 5.92 Å². The molecule has 2 aromatic heterocycles. The Morgan fingerprint density at radius 3 is 2.42 bits per heavy atom. The molecule has 4 aromatic rings. The Morgan fingerprint density at radius 1 is 0.968 bits per heavy atom. The number of benzene rings is 2. The van der Waals surface area contributed by atoms with E-state index in [2.05, 4.69) is 37.1 Å². The van der Waals surface area contributed by atoms with Crippen molar-refractivity contribution in [2.45, 2.75) is 44.0 Å². The van der Waals surface area contributed by atoms with Gasteiger partial charge >= 0.3 is 0 Å². The van der Waals surface area contributed by atoms with Gasteiger partial charge in [0, 0.05) is 18.0 Å². The van der Waals surface area contributed by atoms with E-state index in [4.69, 9.17) is 9.15 Å². The lowest BCUT2D eigenvalue weighted by molar-refractivity contribution is 0.340. The molecule has 2 aromatic carbocycles. The molecule has 0 radical (unpaired) electrons. The Morgan fingerprint density at radius 2 is 1.74 bits per heavy atom. The first kappa shape index (κ1) is 21.1. The Kier molecular flexibility index (Phi) is 6.66. The van der Waals surface area contributed by atoms with E-state index in [0.717, 1.165) is 22.4 Å². The van der Waals surface area contributed by atoms with Gasteiger partial charge < -0.3 is 9.15 Å². The third-order valence-corrected chi connectivity index (χ3v) is 5.53. The highest BCUT2D eigenvalue weighted by molar-refractivity contribution is 7.98. The fraction of sp³-hybridized carbons (Fsp3) is 0.304. The van der Waals surface area contributed by atoms with Crippen molar-refractivity contribution < 1.29 is 9.15 Å². The molecule has 0 saturated carbocycles. The molecule has 0 N–H and O–H groups in total. The average Bonchev–Trinajstić information content (AvgIpc) is 3.41. The predicted molar refractivity (Wildman–Crippen MR) is 120 cm³/mol. The molecular weight excluding hydrogens is 410 g/mol. The highest BCUT2D eigenvalue weighted by Crippen LogP contribution is 2.27. The van der Waals surface area contributed by atoms with Crippen LogP contribution in [0.5, 0.6) is 5.75 Å². The molecule has 4 rings (SSSR count). The Hall–Kier alpha value is -3.13. The molecule has 8 heteroatoms. The number of hydrogen-bond acceptors (Lipinski definition) is 7. The zero-order chi connectivity index (χ0) is 21.6. The van der Waals surface area contributed by atoms with Gasteiger partial charge in [-0.15, -0.1) is 20.4 Å². The molecule has 0 bridgehead atoms. The van der Waals surface area contributed by atoms with Crippen LogP contribution in [0.15, 0.2) is 64.2 Å². The summed E-state index contributed by atoms with van der Waals surface area (Å²) in [5.74, 6) is 3.67. The first-order valence-electron chi connectivity index (χ1n) is 10.3. The van der Waals surface area contributed by atoms with Crippen molar-refractivity contribution in [2.75, 3.05) is 6.61 Å². The summed E-state index contributed by atoms with van der Waals surface area (Å²) in [6, 6.07) is 18.2. The van der Waals surface area contributed by atoms with E-state index >= 15 is 0 Å². The van der Waals surface area contributed by atoms with Crippen LogP contribution >= 0.6 is 11.8 Å². The lowest BCUT2D eigenvalue weighted by Gasteiger charge is -2.11. The second-order valence-electron chi connectivity index (χ2n) is 7.30. The SMILES string of the molecule is CCOc1ccc(-n2c(Cc3ccccc3)nnc2SCc2nnc(C(C)C)o2)cc1. The maximum Gasteiger partial charge on any atom is 0.226 e. The Balaban J connectivity index is 1.62. The quantitative estimate of drug-likeness (QED) is 0.340. The minimum Gasteiger partial charge on any atom is -0.494 e. The number of hydrogen-bond donors (Lipinski definition) is 0. The van der Waals surface area contributed by atoms with E-state index in [1.807, 2.05) is 63.2 Å². The monoisotopic (exact) mass is 435 g/mol. The molecule has 0 unspecified atom stereocenters. The van der Waals surface area contributed by atoms with Crippen molar-refractivity contribution in [3.63, 3.8) is 0 Å². The molecular formula is C23H25N5O2S. The van der Waals surface area contributed by atoms with Gasteiger partial charge in [0.25, 0.3) is 0 Å². The van der Waals surface area contributed by atoms with Crippen molar-refractivity contribution in [3.8, 4) is 11.4 Å². The number of thioether (sulfide) groups is 1. The standard InChI is InChI=1S/C23H25N5O2S/c1-4-29-19-12-10-18(11-13-19)28-20(14-17-8-6-5-7-9-17)24-27-23(28)31-15-21-25-26-22(30-21)16(2)3/h5-13,16H,4,14-15H2,1-3H3. The van der Waals surface area contributed by atoms with Crippen LogP contribution in [0.4, 0.5) is 0 Å². The Bertz CT molecular complexity index is 1110. The summed E-state index contributed by atoms with van der Waals surface area (Å²) >= 11 is 1.53. The number of nitrogens with zero attached hydrogens (tertiary/aromatic N) is 5. The summed E-state index contributed by atoms with van der Waals surface area (Å²) in [5.41, 5.74) is 2.16. The zero-order valence-electron chi connectivity index (χ0n) is 17.9. The van der Waals surface area contributed by atoms with Crippen LogP contribution < -0.4 is 4.74 Å². The normalized spacial score (nSPS) is 11.2. The van der Waals surface area contributed by atoms with Gasteiger partial charge in [0.2, 0.25) is 11.8 Å². The van der Waals surface area contributed by atoms with Crippen LogP contribution in [0.3, 0.4) is 0 Å². The number of ether oxygens (including phenoxy) is 1. The van der Waals surface area contributed by atoms with E-state index in [0.29, 0.717) is 30.6 Å². The fourth-order valence-electron chi connectivity index (χ4n) is 3.09. The fourth-order valence-corrected chi connectivity index (χ4v) is 3.90. The second-order valence-corrected chi connectivity index (χ2v) is 8.24. The van der Waals surface area contributed by atoms with Gasteiger partial charge in [-0.3, -0.25) is 4.57 Å². The van der Waals surface area contributed by atoms with Gasteiger partial charge in [0.05, 0.1) is 12.4 Å². The molecule has 0 saturated heterocycles. The summed E-state index contributed by atoms with van der Waals surface area (Å²) in [6.45, 7) is 6.67. The van der Waals surface area contributed by atoms with Crippen LogP contribution in [0, 0.1) is 0 Å². The largest absolute Gasteiger partial charge is 0.494 e. The van der Waals surface area contributed by atoms with Crippen LogP contribution in [-0.2, 0) is 12.2 Å². The lowest BCUT2D eigenvalue weighted by atomic mass is 10.1. The number of aromatic nitrogens is 5. The van der Waals surface area contributed by atoms with Gasteiger partial charge in [-0.05, 0) is 36.8 Å². The van der Waals surface area contributed by atoms with Crippen molar-refractivity contribution in [2.24, 2.45) is 0 Å². The third-order valence-electron chi connectivity index (χ3n) is 4.61. The smallest absolute Gasteiger partial charge is 0.226 e. The molecule has 0 atom stereocenters. The average molecular weight is 436 g/mol. The van der Waals surface area contributed by atoms with Crippen molar-refractivity contribution in [3.05, 3.63) is 77.8 Å². The molecule has 0 aliphatic rings. The van der Waals surface area contributed by atoms with Crippen LogP contribution in [0.1, 0.15) is 49.9 Å². The molecule has 0 aliphatic heterocycles. The summed E-state index contributed by atoms with van der Waals surface area (Å²) in [6.07, 6.45) is 0.680. The van der Waals surface area contributed by atoms with Crippen LogP contribution in [-0.4, -0.2) is 31.6 Å². The molecule has 0 fully saturated rings. The summed E-state index contributed by atoms with van der Waals surface area (Å²) in [4.78, 5) is 0. The highest BCUT2D eigenvalue weighted by atomic mass is 32.2. The molecule has 160 valence electrons. The van der Waals surface area contributed by atoms with Gasteiger partial charge in [-0.1, -0.05) is 55.9 Å². The van der Waals surface area contributed by atoms with Gasteiger partial charge in [-0.2, -0.15) is 0 Å². The molecule has 7 nitrogen and oxygen atoms in total. The summed E-state index contributed by atoms with van der Waals surface area (Å²) in [7, 11) is 0. The topological polar surface area (TPSA) is 78.9 Å². The Labute approximate surface area is 185 Å². The molecule has 2 heterocycles. The second kappa shape index (κ2) is 9.78. The molecule has 0 aliphatic carbocycles. The maximum absolute atomic E-state index is 5.74. The number of rotatable bonds is 9.